The summed E-state index contributed by atoms with van der Waals surface area (Å²) >= 11 is 0. The summed E-state index contributed by atoms with van der Waals surface area (Å²) in [6.45, 7) is 7.54. The van der Waals surface area contributed by atoms with Gasteiger partial charge in [-0.05, 0) is 70.0 Å². The third kappa shape index (κ3) is 3.16. The van der Waals surface area contributed by atoms with Crippen LogP contribution in [0.25, 0.3) is 5.69 Å². The predicted molar refractivity (Wildman–Crippen MR) is 99.5 cm³/mol. The van der Waals surface area contributed by atoms with E-state index in [4.69, 9.17) is 10.5 Å². The van der Waals surface area contributed by atoms with Crippen molar-refractivity contribution in [1.29, 1.82) is 0 Å². The molecule has 1 aromatic carbocycles. The monoisotopic (exact) mass is 341 g/mol. The van der Waals surface area contributed by atoms with Crippen LogP contribution in [0.2, 0.25) is 0 Å². The molecule has 1 saturated heterocycles. The van der Waals surface area contributed by atoms with E-state index in [0.717, 1.165) is 41.4 Å². The number of rotatable bonds is 4. The molecule has 0 aliphatic carbocycles. The lowest BCUT2D eigenvalue weighted by Crippen LogP contribution is -2.34. The number of aryl methyl sites for hydroxylation is 1. The summed E-state index contributed by atoms with van der Waals surface area (Å²) in [5, 5.41) is 0. The molecule has 1 aromatic heterocycles. The Bertz CT molecular complexity index is 764. The highest BCUT2D eigenvalue weighted by molar-refractivity contribution is 5.96. The van der Waals surface area contributed by atoms with Crippen LogP contribution in [0.4, 0.5) is 0 Å². The number of likely N-dealkylation sites (tertiary alicyclic amines) is 1. The van der Waals surface area contributed by atoms with Gasteiger partial charge in [-0.25, -0.2) is 0 Å². The smallest absolute Gasteiger partial charge is 0.255 e. The molecule has 1 amide bonds. The largest absolute Gasteiger partial charge is 0.497 e. The molecule has 0 spiro atoms. The molecule has 2 N–H and O–H groups in total. The van der Waals surface area contributed by atoms with Crippen LogP contribution in [0.3, 0.4) is 0 Å². The topological polar surface area (TPSA) is 60.5 Å². The van der Waals surface area contributed by atoms with Gasteiger partial charge in [-0.15, -0.1) is 0 Å². The number of ether oxygens (including phenoxy) is 1. The van der Waals surface area contributed by atoms with Crippen molar-refractivity contribution in [2.75, 3.05) is 20.2 Å². The first kappa shape index (κ1) is 17.5. The number of nitrogens with two attached hydrogens (primary N) is 1. The van der Waals surface area contributed by atoms with Gasteiger partial charge in [0, 0.05) is 29.7 Å². The van der Waals surface area contributed by atoms with Crippen LogP contribution in [-0.2, 0) is 0 Å². The van der Waals surface area contributed by atoms with Gasteiger partial charge in [0.15, 0.2) is 0 Å². The maximum Gasteiger partial charge on any atom is 0.255 e. The highest BCUT2D eigenvalue weighted by Gasteiger charge is 2.33. The third-order valence-electron chi connectivity index (χ3n) is 5.25. The molecule has 0 bridgehead atoms. The van der Waals surface area contributed by atoms with Crippen molar-refractivity contribution in [3.8, 4) is 11.4 Å². The van der Waals surface area contributed by atoms with Crippen LogP contribution in [0.5, 0.6) is 5.75 Å². The Morgan fingerprint density at radius 1 is 1.28 bits per heavy atom. The Morgan fingerprint density at radius 3 is 2.52 bits per heavy atom. The number of methoxy groups -OCH3 is 1. The molecule has 3 rings (SSSR count). The average Bonchev–Trinajstić information content (AvgIpc) is 3.14. The lowest BCUT2D eigenvalue weighted by molar-refractivity contribution is 0.0742. The van der Waals surface area contributed by atoms with E-state index in [-0.39, 0.29) is 11.9 Å². The molecule has 134 valence electrons. The third-order valence-corrected chi connectivity index (χ3v) is 5.25. The van der Waals surface area contributed by atoms with Crippen LogP contribution >= 0.6 is 0 Å². The second-order valence-electron chi connectivity index (χ2n) is 6.96. The Labute approximate surface area is 149 Å². The van der Waals surface area contributed by atoms with Crippen LogP contribution in [0.15, 0.2) is 30.3 Å². The minimum atomic E-state index is 0.108. The van der Waals surface area contributed by atoms with Crippen molar-refractivity contribution in [3.63, 3.8) is 0 Å². The first-order valence-electron chi connectivity index (χ1n) is 8.80. The summed E-state index contributed by atoms with van der Waals surface area (Å²) in [5.74, 6) is 1.33. The SMILES string of the molecule is COc1ccc(-n2c(C)cc(C(=O)N3CC(CN)CC3C)c2C)cc1. The highest BCUT2D eigenvalue weighted by Crippen LogP contribution is 2.28. The van der Waals surface area contributed by atoms with E-state index in [2.05, 4.69) is 11.5 Å². The van der Waals surface area contributed by atoms with Gasteiger partial charge < -0.3 is 19.9 Å². The molecular formula is C20H27N3O2. The predicted octanol–water partition coefficient (Wildman–Crippen LogP) is 2.91. The van der Waals surface area contributed by atoms with Crippen LogP contribution in [0, 0.1) is 19.8 Å². The minimum Gasteiger partial charge on any atom is -0.497 e. The minimum absolute atomic E-state index is 0.108. The van der Waals surface area contributed by atoms with Gasteiger partial charge in [-0.2, -0.15) is 0 Å². The van der Waals surface area contributed by atoms with Gasteiger partial charge in [-0.3, -0.25) is 4.79 Å². The fraction of sp³-hybridized carbons (Fsp3) is 0.450. The quantitative estimate of drug-likeness (QED) is 0.930. The second-order valence-corrected chi connectivity index (χ2v) is 6.96. The highest BCUT2D eigenvalue weighted by atomic mass is 16.5. The molecule has 2 unspecified atom stereocenters. The van der Waals surface area contributed by atoms with Crippen molar-refractivity contribution in [2.24, 2.45) is 11.7 Å². The van der Waals surface area contributed by atoms with Gasteiger partial charge >= 0.3 is 0 Å². The van der Waals surface area contributed by atoms with E-state index in [0.29, 0.717) is 12.5 Å². The Hall–Kier alpha value is -2.27. The van der Waals surface area contributed by atoms with Crippen molar-refractivity contribution >= 4 is 5.91 Å². The van der Waals surface area contributed by atoms with E-state index in [1.807, 2.05) is 49.1 Å². The molecule has 2 atom stereocenters. The molecular weight excluding hydrogens is 314 g/mol. The lowest BCUT2D eigenvalue weighted by atomic mass is 10.1. The van der Waals surface area contributed by atoms with Gasteiger partial charge in [0.05, 0.1) is 12.7 Å². The maximum absolute atomic E-state index is 13.1. The molecule has 5 nitrogen and oxygen atoms in total. The number of hydrogen-bond acceptors (Lipinski definition) is 3. The zero-order valence-electron chi connectivity index (χ0n) is 15.5. The zero-order chi connectivity index (χ0) is 18.1. The van der Waals surface area contributed by atoms with Gasteiger partial charge in [0.1, 0.15) is 5.75 Å². The fourth-order valence-corrected chi connectivity index (χ4v) is 3.86. The number of carbonyl (C=O) groups excluding carboxylic acids is 1. The van der Waals surface area contributed by atoms with Crippen molar-refractivity contribution in [3.05, 3.63) is 47.3 Å². The average molecular weight is 341 g/mol. The normalized spacial score (nSPS) is 20.1. The number of benzene rings is 1. The molecule has 1 aliphatic heterocycles. The summed E-state index contributed by atoms with van der Waals surface area (Å²) in [4.78, 5) is 15.1. The van der Waals surface area contributed by atoms with E-state index in [9.17, 15) is 4.79 Å². The van der Waals surface area contributed by atoms with E-state index in [1.165, 1.54) is 0 Å². The number of aromatic nitrogens is 1. The standard InChI is InChI=1S/C20H27N3O2/c1-13-9-16(11-21)12-22(13)20(24)19-10-14(2)23(15(19)3)17-5-7-18(25-4)8-6-17/h5-8,10,13,16H,9,11-12,21H2,1-4H3. The van der Waals surface area contributed by atoms with Crippen molar-refractivity contribution in [1.82, 2.24) is 9.47 Å². The maximum atomic E-state index is 13.1. The summed E-state index contributed by atoms with van der Waals surface area (Å²) < 4.78 is 7.35. The van der Waals surface area contributed by atoms with Crippen LogP contribution in [-0.4, -0.2) is 41.6 Å². The Morgan fingerprint density at radius 2 is 1.96 bits per heavy atom. The molecule has 0 saturated carbocycles. The van der Waals surface area contributed by atoms with E-state index in [1.54, 1.807) is 7.11 Å². The summed E-state index contributed by atoms with van der Waals surface area (Å²) in [6, 6.07) is 10.1. The lowest BCUT2D eigenvalue weighted by Gasteiger charge is -2.21. The molecule has 1 fully saturated rings. The molecule has 2 heterocycles. The Kier molecular flexibility index (Phi) is 4.86. The summed E-state index contributed by atoms with van der Waals surface area (Å²) in [7, 11) is 1.66. The molecule has 5 heteroatoms. The van der Waals surface area contributed by atoms with Gasteiger partial charge in [-0.1, -0.05) is 0 Å². The summed E-state index contributed by atoms with van der Waals surface area (Å²) in [6.07, 6.45) is 0.986. The second kappa shape index (κ2) is 6.92. The number of nitrogens with zero attached hydrogens (tertiary/aromatic N) is 2. The molecule has 0 radical (unpaired) electrons. The van der Waals surface area contributed by atoms with Gasteiger partial charge in [0.25, 0.3) is 5.91 Å². The molecule has 1 aliphatic rings. The molecule has 25 heavy (non-hydrogen) atoms. The first-order chi connectivity index (χ1) is 12.0. The van der Waals surface area contributed by atoms with Crippen molar-refractivity contribution in [2.45, 2.75) is 33.2 Å². The number of hydrogen-bond donors (Lipinski definition) is 1. The van der Waals surface area contributed by atoms with Crippen molar-refractivity contribution < 1.29 is 9.53 Å². The number of carbonyl (C=O) groups is 1. The number of amides is 1. The van der Waals surface area contributed by atoms with Gasteiger partial charge in [0.2, 0.25) is 0 Å². The zero-order valence-corrected chi connectivity index (χ0v) is 15.5. The van der Waals surface area contributed by atoms with Crippen LogP contribution < -0.4 is 10.5 Å². The van der Waals surface area contributed by atoms with Crippen LogP contribution in [0.1, 0.15) is 35.1 Å². The summed E-state index contributed by atoms with van der Waals surface area (Å²) in [5.41, 5.74) is 9.63. The molecule has 2 aromatic rings. The Balaban J connectivity index is 1.92. The fourth-order valence-electron chi connectivity index (χ4n) is 3.86. The van der Waals surface area contributed by atoms with E-state index >= 15 is 0 Å². The van der Waals surface area contributed by atoms with E-state index < -0.39 is 0 Å². The first-order valence-corrected chi connectivity index (χ1v) is 8.80.